The van der Waals surface area contributed by atoms with Crippen LogP contribution >= 0.6 is 0 Å². The van der Waals surface area contributed by atoms with Crippen molar-refractivity contribution >= 4 is 11.9 Å². The molecule has 0 aliphatic heterocycles. The van der Waals surface area contributed by atoms with Crippen LogP contribution in [0.5, 0.6) is 0 Å². The van der Waals surface area contributed by atoms with Crippen LogP contribution in [-0.4, -0.2) is 24.5 Å². The van der Waals surface area contributed by atoms with Crippen LogP contribution in [0, 0.1) is 5.92 Å². The third kappa shape index (κ3) is 7.00. The van der Waals surface area contributed by atoms with Gasteiger partial charge in [-0.3, -0.25) is 9.59 Å². The molecule has 0 saturated heterocycles. The summed E-state index contributed by atoms with van der Waals surface area (Å²) in [7, 11) is 1.87. The normalized spacial score (nSPS) is 13.0. The summed E-state index contributed by atoms with van der Waals surface area (Å²) >= 11 is 0. The van der Waals surface area contributed by atoms with Gasteiger partial charge in [0.15, 0.2) is 12.4 Å². The molecule has 1 aromatic heterocycles. The molecule has 5 nitrogen and oxygen atoms in total. The van der Waals surface area contributed by atoms with E-state index in [0.29, 0.717) is 17.9 Å². The van der Waals surface area contributed by atoms with Crippen LogP contribution in [0.1, 0.15) is 61.5 Å². The Morgan fingerprint density at radius 3 is 2.38 bits per heavy atom. The second-order valence-corrected chi connectivity index (χ2v) is 8.03. The summed E-state index contributed by atoms with van der Waals surface area (Å²) in [5.74, 6) is -0.189. The molecule has 0 aliphatic carbocycles. The monoisotopic (exact) mass is 397 g/mol. The van der Waals surface area contributed by atoms with Crippen LogP contribution in [0.15, 0.2) is 48.8 Å². The lowest BCUT2D eigenvalue weighted by Crippen LogP contribution is -2.40. The van der Waals surface area contributed by atoms with Gasteiger partial charge in [0, 0.05) is 6.07 Å². The number of benzene rings is 1. The van der Waals surface area contributed by atoms with Gasteiger partial charge in [0.1, 0.15) is 19.2 Å². The van der Waals surface area contributed by atoms with E-state index in [1.807, 2.05) is 49.9 Å². The summed E-state index contributed by atoms with van der Waals surface area (Å²) in [4.78, 5) is 24.9. The lowest BCUT2D eigenvalue weighted by Gasteiger charge is -2.19. The van der Waals surface area contributed by atoms with E-state index in [2.05, 4.69) is 31.3 Å². The fraction of sp³-hybridized carbons (Fsp3) is 0.458. The molecule has 1 aromatic carbocycles. The van der Waals surface area contributed by atoms with Crippen molar-refractivity contribution in [3.8, 4) is 0 Å². The summed E-state index contributed by atoms with van der Waals surface area (Å²) in [6.45, 7) is 8.35. The molecule has 2 atom stereocenters. The SMILES string of the molecule is CCC(COC(=O)C(C)c1ccc(CC(C)C)cc1)NC(=O)c1ccc[n+](C)c1. The van der Waals surface area contributed by atoms with Gasteiger partial charge in [-0.25, -0.2) is 4.57 Å². The molecule has 156 valence electrons. The number of pyridine rings is 1. The zero-order valence-corrected chi connectivity index (χ0v) is 18.1. The maximum Gasteiger partial charge on any atom is 0.313 e. The second kappa shape index (κ2) is 10.7. The van der Waals surface area contributed by atoms with Crippen molar-refractivity contribution in [1.82, 2.24) is 5.32 Å². The van der Waals surface area contributed by atoms with Crippen molar-refractivity contribution in [2.75, 3.05) is 6.61 Å². The molecule has 2 aromatic rings. The van der Waals surface area contributed by atoms with E-state index in [9.17, 15) is 9.59 Å². The van der Waals surface area contributed by atoms with E-state index >= 15 is 0 Å². The first kappa shape index (κ1) is 22.6. The summed E-state index contributed by atoms with van der Waals surface area (Å²) in [6, 6.07) is 11.5. The Kier molecular flexibility index (Phi) is 8.37. The zero-order valence-electron chi connectivity index (χ0n) is 18.1. The number of amides is 1. The molecule has 0 spiro atoms. The summed E-state index contributed by atoms with van der Waals surface area (Å²) in [5, 5.41) is 2.94. The molecule has 0 radical (unpaired) electrons. The molecule has 0 fully saturated rings. The fourth-order valence-electron chi connectivity index (χ4n) is 3.11. The van der Waals surface area contributed by atoms with E-state index in [1.54, 1.807) is 12.3 Å². The molecule has 5 heteroatoms. The third-order valence-electron chi connectivity index (χ3n) is 4.93. The Bertz CT molecular complexity index is 815. The number of esters is 1. The fourth-order valence-corrected chi connectivity index (χ4v) is 3.11. The van der Waals surface area contributed by atoms with Crippen LogP contribution in [0.25, 0.3) is 0 Å². The molecule has 1 N–H and O–H groups in total. The van der Waals surface area contributed by atoms with Crippen LogP contribution in [0.3, 0.4) is 0 Å². The van der Waals surface area contributed by atoms with Gasteiger partial charge in [0.2, 0.25) is 0 Å². The van der Waals surface area contributed by atoms with Crippen molar-refractivity contribution in [1.29, 1.82) is 0 Å². The second-order valence-electron chi connectivity index (χ2n) is 8.03. The first-order valence-electron chi connectivity index (χ1n) is 10.3. The number of hydrogen-bond acceptors (Lipinski definition) is 3. The van der Waals surface area contributed by atoms with Crippen LogP contribution in [0.2, 0.25) is 0 Å². The minimum atomic E-state index is -0.343. The molecule has 2 rings (SSSR count). The Morgan fingerprint density at radius 2 is 1.79 bits per heavy atom. The highest BCUT2D eigenvalue weighted by Crippen LogP contribution is 2.19. The molecular formula is C24H33N2O3+. The minimum absolute atomic E-state index is 0.163. The Balaban J connectivity index is 1.89. The zero-order chi connectivity index (χ0) is 21.4. The predicted molar refractivity (Wildman–Crippen MR) is 114 cm³/mol. The highest BCUT2D eigenvalue weighted by Gasteiger charge is 2.20. The van der Waals surface area contributed by atoms with Crippen molar-refractivity contribution in [3.05, 3.63) is 65.5 Å². The van der Waals surface area contributed by atoms with Crippen molar-refractivity contribution in [3.63, 3.8) is 0 Å². The number of hydrogen-bond donors (Lipinski definition) is 1. The number of carbonyl (C=O) groups is 2. The van der Waals surface area contributed by atoms with Gasteiger partial charge in [-0.2, -0.15) is 0 Å². The largest absolute Gasteiger partial charge is 0.463 e. The lowest BCUT2D eigenvalue weighted by atomic mass is 9.97. The first-order valence-corrected chi connectivity index (χ1v) is 10.3. The van der Waals surface area contributed by atoms with E-state index in [0.717, 1.165) is 12.0 Å². The maximum atomic E-state index is 12.5. The molecule has 2 unspecified atom stereocenters. The molecular weight excluding hydrogens is 364 g/mol. The van der Waals surface area contributed by atoms with Gasteiger partial charge >= 0.3 is 5.97 Å². The van der Waals surface area contributed by atoms with Gasteiger partial charge < -0.3 is 10.1 Å². The van der Waals surface area contributed by atoms with Gasteiger partial charge in [-0.1, -0.05) is 45.0 Å². The minimum Gasteiger partial charge on any atom is -0.463 e. The molecule has 1 amide bonds. The molecule has 1 heterocycles. The number of carbonyl (C=O) groups excluding carboxylic acids is 2. The molecule has 0 saturated carbocycles. The van der Waals surface area contributed by atoms with Gasteiger partial charge in [-0.05, 0) is 42.9 Å². The van der Waals surface area contributed by atoms with Gasteiger partial charge in [0.05, 0.1) is 12.0 Å². The number of nitrogens with zero attached hydrogens (tertiary/aromatic N) is 1. The Morgan fingerprint density at radius 1 is 1.10 bits per heavy atom. The number of rotatable bonds is 9. The predicted octanol–water partition coefficient (Wildman–Crippen LogP) is 3.56. The summed E-state index contributed by atoms with van der Waals surface area (Å²) in [5.41, 5.74) is 2.79. The maximum absolute atomic E-state index is 12.5. The molecule has 0 aliphatic rings. The average Bonchev–Trinajstić information content (AvgIpc) is 2.70. The number of aromatic nitrogens is 1. The number of aryl methyl sites for hydroxylation is 1. The topological polar surface area (TPSA) is 59.3 Å². The Hall–Kier alpha value is -2.69. The van der Waals surface area contributed by atoms with Gasteiger partial charge in [-0.15, -0.1) is 0 Å². The highest BCUT2D eigenvalue weighted by atomic mass is 16.5. The number of ether oxygens (including phenoxy) is 1. The van der Waals surface area contributed by atoms with Crippen LogP contribution < -0.4 is 9.88 Å². The lowest BCUT2D eigenvalue weighted by molar-refractivity contribution is -0.671. The Labute approximate surface area is 174 Å². The average molecular weight is 398 g/mol. The summed E-state index contributed by atoms with van der Waals surface area (Å²) < 4.78 is 7.33. The summed E-state index contributed by atoms with van der Waals surface area (Å²) in [6.07, 6.45) is 5.33. The standard InChI is InChI=1S/C24H32N2O3/c1-6-22(25-23(27)21-8-7-13-26(5)15-21)16-29-24(28)18(4)20-11-9-19(10-12-20)14-17(2)3/h7-13,15,17-18,22H,6,14,16H2,1-5H3/p+1. The molecule has 0 bridgehead atoms. The highest BCUT2D eigenvalue weighted by molar-refractivity contribution is 5.93. The van der Waals surface area contributed by atoms with E-state index in [-0.39, 0.29) is 30.4 Å². The van der Waals surface area contributed by atoms with E-state index in [4.69, 9.17) is 4.74 Å². The van der Waals surface area contributed by atoms with E-state index in [1.165, 1.54) is 5.56 Å². The van der Waals surface area contributed by atoms with Crippen LogP contribution in [-0.2, 0) is 23.0 Å². The number of nitrogens with one attached hydrogen (secondary N) is 1. The third-order valence-corrected chi connectivity index (χ3v) is 4.93. The van der Waals surface area contributed by atoms with E-state index < -0.39 is 0 Å². The van der Waals surface area contributed by atoms with Crippen molar-refractivity contribution in [2.45, 2.75) is 52.5 Å². The smallest absolute Gasteiger partial charge is 0.313 e. The van der Waals surface area contributed by atoms with Crippen LogP contribution in [0.4, 0.5) is 0 Å². The van der Waals surface area contributed by atoms with Crippen molar-refractivity contribution in [2.24, 2.45) is 13.0 Å². The van der Waals surface area contributed by atoms with Gasteiger partial charge in [0.25, 0.3) is 5.91 Å². The first-order chi connectivity index (χ1) is 13.8. The molecule has 29 heavy (non-hydrogen) atoms. The van der Waals surface area contributed by atoms with Crippen molar-refractivity contribution < 1.29 is 18.9 Å². The quantitative estimate of drug-likeness (QED) is 0.520.